The van der Waals surface area contributed by atoms with Crippen LogP contribution in [0, 0.1) is 17.6 Å². The van der Waals surface area contributed by atoms with Crippen molar-refractivity contribution in [2.75, 3.05) is 7.11 Å². The maximum Gasteiger partial charge on any atom is 0.338 e. The number of nitrogens with one attached hydrogen (secondary N) is 1. The zero-order chi connectivity index (χ0) is 18.0. The zero-order valence-corrected chi connectivity index (χ0v) is 13.3. The lowest BCUT2D eigenvalue weighted by atomic mass is 9.74. The lowest BCUT2D eigenvalue weighted by molar-refractivity contribution is -0.171. The fourth-order valence-electron chi connectivity index (χ4n) is 3.30. The molecule has 0 amide bonds. The van der Waals surface area contributed by atoms with Gasteiger partial charge >= 0.3 is 5.97 Å². The van der Waals surface area contributed by atoms with E-state index in [9.17, 15) is 23.5 Å². The number of benzene rings is 1. The molecule has 1 fully saturated rings. The van der Waals surface area contributed by atoms with Gasteiger partial charge in [0.25, 0.3) is 0 Å². The van der Waals surface area contributed by atoms with Crippen molar-refractivity contribution in [1.29, 1.82) is 0 Å². The quantitative estimate of drug-likeness (QED) is 0.738. The summed E-state index contributed by atoms with van der Waals surface area (Å²) >= 11 is 0. The van der Waals surface area contributed by atoms with E-state index < -0.39 is 34.8 Å². The van der Waals surface area contributed by atoms with Crippen molar-refractivity contribution in [2.45, 2.75) is 37.5 Å². The number of carbonyl (C=O) groups is 2. The van der Waals surface area contributed by atoms with E-state index >= 15 is 0 Å². The number of carboxylic acids is 1. The first kappa shape index (κ1) is 18.4. The van der Waals surface area contributed by atoms with Gasteiger partial charge in [0.2, 0.25) is 0 Å². The molecule has 3 unspecified atom stereocenters. The number of carboxylic acid groups (broad SMARTS) is 1. The Morgan fingerprint density at radius 3 is 2.50 bits per heavy atom. The molecule has 1 aromatic rings. The first-order valence-electron chi connectivity index (χ1n) is 7.50. The first-order valence-corrected chi connectivity index (χ1v) is 7.50. The van der Waals surface area contributed by atoms with Gasteiger partial charge in [-0.15, -0.1) is 0 Å². The van der Waals surface area contributed by atoms with Gasteiger partial charge in [0.05, 0.1) is 5.92 Å². The summed E-state index contributed by atoms with van der Waals surface area (Å²) < 4.78 is 32.8. The molecule has 0 aromatic heterocycles. The average molecular weight is 343 g/mol. The average Bonchev–Trinajstić information content (AvgIpc) is 2.87. The van der Waals surface area contributed by atoms with Gasteiger partial charge in [0, 0.05) is 25.2 Å². The van der Waals surface area contributed by atoms with E-state index in [4.69, 9.17) is 9.57 Å². The van der Waals surface area contributed by atoms with E-state index in [1.165, 1.54) is 7.11 Å². The van der Waals surface area contributed by atoms with Crippen molar-refractivity contribution in [2.24, 2.45) is 5.92 Å². The number of carbonyl (C=O) groups excluding carboxylic acids is 1. The zero-order valence-electron chi connectivity index (χ0n) is 13.3. The predicted molar refractivity (Wildman–Crippen MR) is 78.7 cm³/mol. The smallest absolute Gasteiger partial charge is 0.338 e. The molecule has 3 atom stereocenters. The summed E-state index contributed by atoms with van der Waals surface area (Å²) in [7, 11) is 1.28. The fraction of sp³-hybridized carbons (Fsp3) is 0.500. The van der Waals surface area contributed by atoms with Gasteiger partial charge in [0.15, 0.2) is 11.3 Å². The maximum absolute atomic E-state index is 13.7. The van der Waals surface area contributed by atoms with E-state index in [1.807, 2.05) is 0 Å². The molecule has 2 rings (SSSR count). The van der Waals surface area contributed by atoms with Crippen molar-refractivity contribution in [3.05, 3.63) is 35.4 Å². The number of hydroxylamine groups is 1. The molecule has 1 aliphatic heterocycles. The standard InChI is InChI=1S/C16H19F2NO5/c1-3-15(14(21)22)13(5-4-6-20)16(23-2,19-24-15)10-7-11(17)9-12(18)8-10/h6-9,13,19H,3-5H2,1-2H3,(H,21,22). The molecule has 1 aromatic carbocycles. The van der Waals surface area contributed by atoms with Crippen LogP contribution in [0.15, 0.2) is 18.2 Å². The van der Waals surface area contributed by atoms with Crippen LogP contribution in [0.25, 0.3) is 0 Å². The van der Waals surface area contributed by atoms with Gasteiger partial charge in [-0.05, 0) is 25.0 Å². The Morgan fingerprint density at radius 1 is 1.42 bits per heavy atom. The highest BCUT2D eigenvalue weighted by Gasteiger charge is 2.63. The van der Waals surface area contributed by atoms with Crippen LogP contribution in [-0.2, 0) is 24.9 Å². The number of hydrogen-bond donors (Lipinski definition) is 2. The van der Waals surface area contributed by atoms with Gasteiger partial charge < -0.3 is 14.6 Å². The molecule has 132 valence electrons. The second-order valence-electron chi connectivity index (χ2n) is 5.65. The van der Waals surface area contributed by atoms with Gasteiger partial charge in [-0.2, -0.15) is 5.48 Å². The van der Waals surface area contributed by atoms with Gasteiger partial charge in [-0.1, -0.05) is 6.92 Å². The molecule has 1 aliphatic rings. The number of methoxy groups -OCH3 is 1. The summed E-state index contributed by atoms with van der Waals surface area (Å²) in [4.78, 5) is 28.0. The number of aldehydes is 1. The third-order valence-electron chi connectivity index (χ3n) is 4.51. The molecule has 1 saturated heterocycles. The lowest BCUT2D eigenvalue weighted by Crippen LogP contribution is -2.50. The molecule has 0 aliphatic carbocycles. The van der Waals surface area contributed by atoms with Crippen LogP contribution >= 0.6 is 0 Å². The Labute approximate surface area is 137 Å². The number of hydrogen-bond acceptors (Lipinski definition) is 5. The molecule has 1 heterocycles. The first-order chi connectivity index (χ1) is 11.4. The van der Waals surface area contributed by atoms with E-state index in [0.29, 0.717) is 12.4 Å². The molecular weight excluding hydrogens is 324 g/mol. The molecule has 8 heteroatoms. The Balaban J connectivity index is 2.61. The summed E-state index contributed by atoms with van der Waals surface area (Å²) in [6, 6.07) is 2.79. The fourth-order valence-corrected chi connectivity index (χ4v) is 3.30. The van der Waals surface area contributed by atoms with Crippen molar-refractivity contribution < 1.29 is 33.1 Å². The molecule has 0 saturated carbocycles. The summed E-state index contributed by atoms with van der Waals surface area (Å²) in [5.41, 5.74) is -0.718. The molecule has 2 N–H and O–H groups in total. The van der Waals surface area contributed by atoms with Gasteiger partial charge in [-0.3, -0.25) is 4.84 Å². The second kappa shape index (κ2) is 6.92. The Morgan fingerprint density at radius 2 is 2.04 bits per heavy atom. The number of halogens is 2. The van der Waals surface area contributed by atoms with Crippen molar-refractivity contribution >= 4 is 12.3 Å². The maximum atomic E-state index is 13.7. The van der Waals surface area contributed by atoms with Crippen molar-refractivity contribution in [3.8, 4) is 0 Å². The number of aliphatic carboxylic acids is 1. The second-order valence-corrected chi connectivity index (χ2v) is 5.65. The molecule has 24 heavy (non-hydrogen) atoms. The summed E-state index contributed by atoms with van der Waals surface area (Å²) in [6.45, 7) is 1.61. The minimum atomic E-state index is -1.69. The molecule has 0 bridgehead atoms. The lowest BCUT2D eigenvalue weighted by Gasteiger charge is -2.36. The largest absolute Gasteiger partial charge is 0.479 e. The Kier molecular flexibility index (Phi) is 5.32. The summed E-state index contributed by atoms with van der Waals surface area (Å²) in [5.74, 6) is -3.79. The summed E-state index contributed by atoms with van der Waals surface area (Å²) in [5, 5.41) is 9.66. The number of ether oxygens (including phenoxy) is 1. The third kappa shape index (κ3) is 2.81. The van der Waals surface area contributed by atoms with E-state index in [0.717, 1.165) is 12.1 Å². The minimum Gasteiger partial charge on any atom is -0.479 e. The van der Waals surface area contributed by atoms with E-state index in [2.05, 4.69) is 5.48 Å². The van der Waals surface area contributed by atoms with E-state index in [-0.39, 0.29) is 24.8 Å². The highest BCUT2D eigenvalue weighted by atomic mass is 19.1. The van der Waals surface area contributed by atoms with Crippen molar-refractivity contribution in [1.82, 2.24) is 5.48 Å². The molecule has 0 spiro atoms. The molecular formula is C16H19F2NO5. The topological polar surface area (TPSA) is 84.9 Å². The van der Waals surface area contributed by atoms with Crippen molar-refractivity contribution in [3.63, 3.8) is 0 Å². The SMILES string of the molecule is CCC1(C(=O)O)ONC(OC)(c2cc(F)cc(F)c2)C1CCC=O. The normalized spacial score (nSPS) is 29.6. The Bertz CT molecular complexity index is 621. The molecule has 6 nitrogen and oxygen atoms in total. The van der Waals surface area contributed by atoms with Gasteiger partial charge in [-0.25, -0.2) is 13.6 Å². The monoisotopic (exact) mass is 343 g/mol. The van der Waals surface area contributed by atoms with Crippen LogP contribution in [0.5, 0.6) is 0 Å². The molecule has 0 radical (unpaired) electrons. The minimum absolute atomic E-state index is 0.0493. The van der Waals surface area contributed by atoms with Crippen LogP contribution < -0.4 is 5.48 Å². The van der Waals surface area contributed by atoms with Crippen LogP contribution in [0.2, 0.25) is 0 Å². The van der Waals surface area contributed by atoms with Crippen LogP contribution in [-0.4, -0.2) is 30.1 Å². The Hall–Kier alpha value is -1.90. The predicted octanol–water partition coefficient (Wildman–Crippen LogP) is 2.13. The highest BCUT2D eigenvalue weighted by molar-refractivity contribution is 5.78. The van der Waals surface area contributed by atoms with Crippen LogP contribution in [0.1, 0.15) is 31.7 Å². The van der Waals surface area contributed by atoms with E-state index in [1.54, 1.807) is 6.92 Å². The van der Waals surface area contributed by atoms with Crippen LogP contribution in [0.4, 0.5) is 8.78 Å². The van der Waals surface area contributed by atoms with Gasteiger partial charge in [0.1, 0.15) is 17.9 Å². The highest BCUT2D eigenvalue weighted by Crippen LogP contribution is 2.48. The third-order valence-corrected chi connectivity index (χ3v) is 4.51. The number of rotatable bonds is 7. The summed E-state index contributed by atoms with van der Waals surface area (Å²) in [6.07, 6.45) is 0.866. The van der Waals surface area contributed by atoms with Crippen LogP contribution in [0.3, 0.4) is 0 Å².